The Morgan fingerprint density at radius 2 is 2.17 bits per heavy atom. The molecule has 0 aliphatic carbocycles. The van der Waals surface area contributed by atoms with Crippen molar-refractivity contribution >= 4 is 0 Å². The van der Waals surface area contributed by atoms with Gasteiger partial charge in [0.15, 0.2) is 0 Å². The van der Waals surface area contributed by atoms with Gasteiger partial charge in [0, 0.05) is 19.6 Å². The fraction of sp³-hybridized carbons (Fsp3) is 1.00. The molecule has 1 heterocycles. The first-order chi connectivity index (χ1) is 5.86. The second kappa shape index (κ2) is 5.45. The Hall–Kier alpha value is -0.200. The molecule has 0 saturated carbocycles. The van der Waals surface area contributed by atoms with Crippen molar-refractivity contribution in [2.24, 2.45) is 5.73 Å². The molecule has 1 saturated heterocycles. The number of rotatable bonds is 4. The van der Waals surface area contributed by atoms with Gasteiger partial charge in [0.05, 0.1) is 25.9 Å². The van der Waals surface area contributed by atoms with Crippen LogP contribution in [0.15, 0.2) is 0 Å². The molecule has 5 heteroatoms. The second-order valence-corrected chi connectivity index (χ2v) is 2.84. The number of morpholine rings is 1. The molecular formula is C7H17N3O2. The number of nitrogens with two attached hydrogens (primary N) is 1. The van der Waals surface area contributed by atoms with Crippen LogP contribution in [0.1, 0.15) is 0 Å². The summed E-state index contributed by atoms with van der Waals surface area (Å²) in [5.74, 6) is 0. The summed E-state index contributed by atoms with van der Waals surface area (Å²) in [5.41, 5.74) is 8.55. The molecule has 4 N–H and O–H groups in total. The first-order valence-corrected chi connectivity index (χ1v) is 4.26. The Labute approximate surface area is 72.5 Å². The summed E-state index contributed by atoms with van der Waals surface area (Å²) in [6, 6.07) is -0.0249. The number of nitrogens with one attached hydrogen (secondary N) is 1. The van der Waals surface area contributed by atoms with Crippen LogP contribution in [-0.4, -0.2) is 55.6 Å². The van der Waals surface area contributed by atoms with E-state index in [2.05, 4.69) is 5.43 Å². The molecule has 0 spiro atoms. The van der Waals surface area contributed by atoms with Crippen molar-refractivity contribution in [2.45, 2.75) is 6.04 Å². The lowest BCUT2D eigenvalue weighted by Crippen LogP contribution is -2.53. The number of ether oxygens (including phenoxy) is 1. The highest BCUT2D eigenvalue weighted by Gasteiger charge is 2.13. The van der Waals surface area contributed by atoms with Gasteiger partial charge in [-0.2, -0.15) is 0 Å². The van der Waals surface area contributed by atoms with E-state index in [1.54, 1.807) is 0 Å². The van der Waals surface area contributed by atoms with Crippen molar-refractivity contribution in [1.29, 1.82) is 0 Å². The topological polar surface area (TPSA) is 70.8 Å². The third kappa shape index (κ3) is 3.04. The van der Waals surface area contributed by atoms with Crippen LogP contribution in [-0.2, 0) is 4.74 Å². The van der Waals surface area contributed by atoms with E-state index < -0.39 is 0 Å². The predicted molar refractivity (Wildman–Crippen MR) is 45.5 cm³/mol. The number of hydrogen-bond acceptors (Lipinski definition) is 5. The Morgan fingerprint density at radius 3 is 2.67 bits per heavy atom. The van der Waals surface area contributed by atoms with Crippen molar-refractivity contribution in [3.8, 4) is 0 Å². The lowest BCUT2D eigenvalue weighted by molar-refractivity contribution is -0.000823. The maximum absolute atomic E-state index is 8.86. The summed E-state index contributed by atoms with van der Waals surface area (Å²) in [7, 11) is 0. The quantitative estimate of drug-likeness (QED) is 0.467. The molecule has 5 nitrogen and oxygen atoms in total. The minimum atomic E-state index is -0.0249. The van der Waals surface area contributed by atoms with E-state index in [0.717, 1.165) is 26.3 Å². The number of hydrogen-bond donors (Lipinski definition) is 3. The molecule has 1 rings (SSSR count). The molecule has 0 radical (unpaired) electrons. The number of nitrogens with zero attached hydrogens (tertiary/aromatic N) is 1. The van der Waals surface area contributed by atoms with Crippen molar-refractivity contribution in [1.82, 2.24) is 10.4 Å². The Bertz CT molecular complexity index is 113. The minimum Gasteiger partial charge on any atom is -0.395 e. The van der Waals surface area contributed by atoms with Gasteiger partial charge in [-0.25, -0.2) is 10.4 Å². The summed E-state index contributed by atoms with van der Waals surface area (Å²) in [5, 5.41) is 10.9. The third-order valence-electron chi connectivity index (χ3n) is 1.88. The third-order valence-corrected chi connectivity index (χ3v) is 1.88. The number of hydrazine groups is 1. The zero-order valence-corrected chi connectivity index (χ0v) is 7.20. The van der Waals surface area contributed by atoms with Crippen molar-refractivity contribution in [3.05, 3.63) is 0 Å². The van der Waals surface area contributed by atoms with E-state index in [-0.39, 0.29) is 12.6 Å². The van der Waals surface area contributed by atoms with Crippen LogP contribution in [0.4, 0.5) is 0 Å². The lowest BCUT2D eigenvalue weighted by atomic mass is 10.3. The van der Waals surface area contributed by atoms with E-state index >= 15 is 0 Å². The zero-order valence-electron chi connectivity index (χ0n) is 7.20. The molecule has 0 aromatic rings. The monoisotopic (exact) mass is 175 g/mol. The van der Waals surface area contributed by atoms with Crippen LogP contribution in [0.2, 0.25) is 0 Å². The number of aliphatic hydroxyl groups is 1. The van der Waals surface area contributed by atoms with Crippen molar-refractivity contribution < 1.29 is 9.84 Å². The van der Waals surface area contributed by atoms with E-state index in [4.69, 9.17) is 15.6 Å². The lowest BCUT2D eigenvalue weighted by Gasteiger charge is -2.30. The molecule has 1 aliphatic rings. The molecule has 1 fully saturated rings. The summed E-state index contributed by atoms with van der Waals surface area (Å²) >= 11 is 0. The zero-order chi connectivity index (χ0) is 8.81. The van der Waals surface area contributed by atoms with Crippen molar-refractivity contribution in [2.75, 3.05) is 39.5 Å². The fourth-order valence-electron chi connectivity index (χ4n) is 1.12. The van der Waals surface area contributed by atoms with Gasteiger partial charge >= 0.3 is 0 Å². The van der Waals surface area contributed by atoms with Crippen LogP contribution in [0.3, 0.4) is 0 Å². The summed E-state index contributed by atoms with van der Waals surface area (Å²) in [4.78, 5) is 0. The van der Waals surface area contributed by atoms with E-state index in [1.165, 1.54) is 0 Å². The molecular weight excluding hydrogens is 158 g/mol. The molecule has 1 atom stereocenters. The second-order valence-electron chi connectivity index (χ2n) is 2.84. The predicted octanol–water partition coefficient (Wildman–Crippen LogP) is -1.86. The van der Waals surface area contributed by atoms with Gasteiger partial charge in [0.1, 0.15) is 0 Å². The molecule has 1 unspecified atom stereocenters. The van der Waals surface area contributed by atoms with Crippen LogP contribution >= 0.6 is 0 Å². The Morgan fingerprint density at radius 1 is 1.50 bits per heavy atom. The van der Waals surface area contributed by atoms with Crippen LogP contribution in [0, 0.1) is 0 Å². The largest absolute Gasteiger partial charge is 0.395 e. The van der Waals surface area contributed by atoms with Gasteiger partial charge < -0.3 is 15.6 Å². The van der Waals surface area contributed by atoms with Gasteiger partial charge in [0.2, 0.25) is 0 Å². The van der Waals surface area contributed by atoms with Gasteiger partial charge in [-0.05, 0) is 0 Å². The molecule has 12 heavy (non-hydrogen) atoms. The van der Waals surface area contributed by atoms with Crippen LogP contribution in [0.5, 0.6) is 0 Å². The highest BCUT2D eigenvalue weighted by atomic mass is 16.5. The molecule has 0 aromatic heterocycles. The molecule has 0 bridgehead atoms. The molecule has 1 aliphatic heterocycles. The summed E-state index contributed by atoms with van der Waals surface area (Å²) in [6.07, 6.45) is 0. The first kappa shape index (κ1) is 9.88. The summed E-state index contributed by atoms with van der Waals surface area (Å²) < 4.78 is 5.17. The molecule has 72 valence electrons. The van der Waals surface area contributed by atoms with Crippen LogP contribution in [0.25, 0.3) is 0 Å². The van der Waals surface area contributed by atoms with Crippen LogP contribution < -0.4 is 11.2 Å². The average Bonchev–Trinajstić information content (AvgIpc) is 2.16. The van der Waals surface area contributed by atoms with Gasteiger partial charge in [-0.1, -0.05) is 0 Å². The number of aliphatic hydroxyl groups excluding tert-OH is 1. The Kier molecular flexibility index (Phi) is 4.49. The van der Waals surface area contributed by atoms with Gasteiger partial charge in [0.25, 0.3) is 0 Å². The fourth-order valence-corrected chi connectivity index (χ4v) is 1.12. The minimum absolute atomic E-state index is 0.0249. The van der Waals surface area contributed by atoms with Gasteiger partial charge in [-0.15, -0.1) is 0 Å². The highest BCUT2D eigenvalue weighted by molar-refractivity contribution is 4.66. The maximum atomic E-state index is 8.86. The van der Waals surface area contributed by atoms with Gasteiger partial charge in [-0.3, -0.25) is 0 Å². The average molecular weight is 175 g/mol. The normalized spacial score (nSPS) is 22.5. The highest BCUT2D eigenvalue weighted by Crippen LogP contribution is 1.93. The summed E-state index contributed by atoms with van der Waals surface area (Å²) in [6.45, 7) is 3.74. The smallest absolute Gasteiger partial charge is 0.0610 e. The van der Waals surface area contributed by atoms with E-state index in [1.807, 2.05) is 5.01 Å². The van der Waals surface area contributed by atoms with Crippen molar-refractivity contribution in [3.63, 3.8) is 0 Å². The maximum Gasteiger partial charge on any atom is 0.0610 e. The Balaban J connectivity index is 2.18. The van der Waals surface area contributed by atoms with E-state index in [9.17, 15) is 0 Å². The molecule has 0 aromatic carbocycles. The standard InChI is InChI=1S/C7H17N3O2/c8-5-7(6-11)9-10-1-3-12-4-2-10/h7,9,11H,1-6,8H2. The van der Waals surface area contributed by atoms with E-state index in [0.29, 0.717) is 6.54 Å². The SMILES string of the molecule is NCC(CO)NN1CCOCC1. The molecule has 0 amide bonds. The first-order valence-electron chi connectivity index (χ1n) is 4.26.